The van der Waals surface area contributed by atoms with Crippen molar-refractivity contribution in [2.24, 2.45) is 0 Å². The Balaban J connectivity index is 0.000000671. The van der Waals surface area contributed by atoms with Crippen LogP contribution in [-0.2, 0) is 0 Å². The molecular formula is C9H9F3O. The third-order valence-corrected chi connectivity index (χ3v) is 1.14. The zero-order valence-electron chi connectivity index (χ0n) is 7.27. The van der Waals surface area contributed by atoms with Gasteiger partial charge in [-0.15, -0.1) is 0 Å². The fourth-order valence-corrected chi connectivity index (χ4v) is 0.643. The van der Waals surface area contributed by atoms with E-state index in [9.17, 15) is 18.0 Å². The van der Waals surface area contributed by atoms with Gasteiger partial charge in [-0.1, -0.05) is 13.8 Å². The zero-order valence-corrected chi connectivity index (χ0v) is 7.27. The molecule has 1 aromatic rings. The maximum atomic E-state index is 12.3. The van der Waals surface area contributed by atoms with Gasteiger partial charge in [0, 0.05) is 5.56 Å². The van der Waals surface area contributed by atoms with E-state index in [-0.39, 0.29) is 11.8 Å². The Hall–Kier alpha value is -1.32. The van der Waals surface area contributed by atoms with Crippen LogP contribution in [0.4, 0.5) is 13.2 Å². The molecule has 0 atom stereocenters. The smallest absolute Gasteiger partial charge is 0.194 e. The molecule has 0 saturated heterocycles. The number of benzene rings is 1. The van der Waals surface area contributed by atoms with Gasteiger partial charge in [0.1, 0.15) is 6.29 Å². The van der Waals surface area contributed by atoms with Gasteiger partial charge in [-0.3, -0.25) is 4.79 Å². The minimum absolute atomic E-state index is 0.221. The van der Waals surface area contributed by atoms with Crippen molar-refractivity contribution in [1.29, 1.82) is 0 Å². The second-order valence-electron chi connectivity index (χ2n) is 1.92. The van der Waals surface area contributed by atoms with Crippen molar-refractivity contribution in [2.75, 3.05) is 0 Å². The molecule has 0 N–H and O–H groups in total. The number of carbonyl (C=O) groups is 1. The molecular weight excluding hydrogens is 181 g/mol. The van der Waals surface area contributed by atoms with Crippen molar-refractivity contribution in [2.45, 2.75) is 13.8 Å². The number of hydrogen-bond donors (Lipinski definition) is 0. The third-order valence-electron chi connectivity index (χ3n) is 1.14. The van der Waals surface area contributed by atoms with Gasteiger partial charge in [0.25, 0.3) is 0 Å². The summed E-state index contributed by atoms with van der Waals surface area (Å²) in [5.41, 5.74) is -0.221. The molecule has 0 aliphatic carbocycles. The van der Waals surface area contributed by atoms with Crippen LogP contribution in [-0.4, -0.2) is 6.29 Å². The lowest BCUT2D eigenvalue weighted by molar-refractivity contribution is 0.112. The Morgan fingerprint density at radius 3 is 1.77 bits per heavy atom. The quantitative estimate of drug-likeness (QED) is 0.491. The van der Waals surface area contributed by atoms with E-state index in [1.807, 2.05) is 13.8 Å². The minimum Gasteiger partial charge on any atom is -0.298 e. The fraction of sp³-hybridized carbons (Fsp3) is 0.222. The van der Waals surface area contributed by atoms with Gasteiger partial charge in [0.15, 0.2) is 17.5 Å². The van der Waals surface area contributed by atoms with Crippen molar-refractivity contribution in [3.63, 3.8) is 0 Å². The molecule has 0 radical (unpaired) electrons. The molecule has 0 amide bonds. The van der Waals surface area contributed by atoms with Gasteiger partial charge < -0.3 is 0 Å². The maximum Gasteiger partial charge on any atom is 0.194 e. The standard InChI is InChI=1S/C7H3F3O.C2H6/c8-5-1-4(3-11)2-6(9)7(5)10;1-2/h1-3H;1-2H3. The van der Waals surface area contributed by atoms with Gasteiger partial charge in [-0.2, -0.15) is 0 Å². The predicted molar refractivity (Wildman–Crippen MR) is 43.1 cm³/mol. The van der Waals surface area contributed by atoms with Crippen LogP contribution in [0.3, 0.4) is 0 Å². The van der Waals surface area contributed by atoms with Crippen LogP contribution in [0.15, 0.2) is 12.1 Å². The molecule has 0 spiro atoms. The summed E-state index contributed by atoms with van der Waals surface area (Å²) in [4.78, 5) is 9.97. The minimum atomic E-state index is -1.56. The average Bonchev–Trinajstić information content (AvgIpc) is 2.16. The average molecular weight is 190 g/mol. The first kappa shape index (κ1) is 11.7. The van der Waals surface area contributed by atoms with Crippen LogP contribution in [0.5, 0.6) is 0 Å². The van der Waals surface area contributed by atoms with Gasteiger partial charge in [-0.05, 0) is 12.1 Å². The normalized spacial score (nSPS) is 8.69. The maximum absolute atomic E-state index is 12.3. The van der Waals surface area contributed by atoms with Crippen molar-refractivity contribution in [3.05, 3.63) is 35.1 Å². The summed E-state index contributed by atoms with van der Waals surface area (Å²) in [6.45, 7) is 4.00. The summed E-state index contributed by atoms with van der Waals surface area (Å²) in [6, 6.07) is 1.26. The van der Waals surface area contributed by atoms with Gasteiger partial charge in [-0.25, -0.2) is 13.2 Å². The summed E-state index contributed by atoms with van der Waals surface area (Å²) < 4.78 is 36.7. The van der Waals surface area contributed by atoms with Crippen LogP contribution in [0.25, 0.3) is 0 Å². The molecule has 1 nitrogen and oxygen atoms in total. The highest BCUT2D eigenvalue weighted by atomic mass is 19.2. The molecule has 0 fully saturated rings. The first-order chi connectivity index (χ1) is 6.15. The highest BCUT2D eigenvalue weighted by molar-refractivity contribution is 5.74. The van der Waals surface area contributed by atoms with Crippen molar-refractivity contribution in [3.8, 4) is 0 Å². The molecule has 0 saturated carbocycles. The van der Waals surface area contributed by atoms with Gasteiger partial charge >= 0.3 is 0 Å². The molecule has 0 bridgehead atoms. The lowest BCUT2D eigenvalue weighted by atomic mass is 10.2. The van der Waals surface area contributed by atoms with E-state index in [2.05, 4.69) is 0 Å². The van der Waals surface area contributed by atoms with E-state index in [1.165, 1.54) is 0 Å². The van der Waals surface area contributed by atoms with Crippen LogP contribution < -0.4 is 0 Å². The highest BCUT2D eigenvalue weighted by Crippen LogP contribution is 2.11. The monoisotopic (exact) mass is 190 g/mol. The first-order valence-electron chi connectivity index (χ1n) is 3.75. The Kier molecular flexibility index (Phi) is 4.80. The van der Waals surface area contributed by atoms with Crippen molar-refractivity contribution in [1.82, 2.24) is 0 Å². The first-order valence-corrected chi connectivity index (χ1v) is 3.75. The number of carbonyl (C=O) groups excluding carboxylic acids is 1. The molecule has 0 unspecified atom stereocenters. The summed E-state index contributed by atoms with van der Waals surface area (Å²) >= 11 is 0. The zero-order chi connectivity index (χ0) is 10.4. The molecule has 0 aliphatic heterocycles. The largest absolute Gasteiger partial charge is 0.298 e. The number of aldehydes is 1. The summed E-state index contributed by atoms with van der Waals surface area (Å²) in [7, 11) is 0. The molecule has 13 heavy (non-hydrogen) atoms. The Bertz CT molecular complexity index is 274. The van der Waals surface area contributed by atoms with Crippen LogP contribution in [0, 0.1) is 17.5 Å². The van der Waals surface area contributed by atoms with Crippen LogP contribution >= 0.6 is 0 Å². The lowest BCUT2D eigenvalue weighted by Gasteiger charge is -1.94. The molecule has 0 aliphatic rings. The molecule has 72 valence electrons. The van der Waals surface area contributed by atoms with E-state index in [0.29, 0.717) is 12.1 Å². The Labute approximate surface area is 74.2 Å². The Morgan fingerprint density at radius 1 is 1.08 bits per heavy atom. The topological polar surface area (TPSA) is 17.1 Å². The summed E-state index contributed by atoms with van der Waals surface area (Å²) in [6.07, 6.45) is 0.242. The van der Waals surface area contributed by atoms with Crippen molar-refractivity contribution < 1.29 is 18.0 Å². The van der Waals surface area contributed by atoms with Gasteiger partial charge in [0.05, 0.1) is 0 Å². The van der Waals surface area contributed by atoms with Crippen molar-refractivity contribution >= 4 is 6.29 Å². The second kappa shape index (κ2) is 5.35. The Morgan fingerprint density at radius 2 is 1.46 bits per heavy atom. The third kappa shape index (κ3) is 2.89. The van der Waals surface area contributed by atoms with Crippen LogP contribution in [0.2, 0.25) is 0 Å². The second-order valence-corrected chi connectivity index (χ2v) is 1.92. The van der Waals surface area contributed by atoms with E-state index in [4.69, 9.17) is 0 Å². The molecule has 0 heterocycles. The lowest BCUT2D eigenvalue weighted by Crippen LogP contribution is -1.92. The fourth-order valence-electron chi connectivity index (χ4n) is 0.643. The molecule has 1 rings (SSSR count). The number of halogens is 3. The summed E-state index contributed by atoms with van der Waals surface area (Å²) in [5.74, 6) is -4.27. The number of hydrogen-bond acceptors (Lipinski definition) is 1. The van der Waals surface area contributed by atoms with Crippen LogP contribution in [0.1, 0.15) is 24.2 Å². The highest BCUT2D eigenvalue weighted by Gasteiger charge is 2.09. The SMILES string of the molecule is CC.O=Cc1cc(F)c(F)c(F)c1. The van der Waals surface area contributed by atoms with E-state index >= 15 is 0 Å². The summed E-state index contributed by atoms with van der Waals surface area (Å²) in [5, 5.41) is 0. The number of rotatable bonds is 1. The predicted octanol–water partition coefficient (Wildman–Crippen LogP) is 2.94. The van der Waals surface area contributed by atoms with E-state index in [1.54, 1.807) is 0 Å². The van der Waals surface area contributed by atoms with E-state index in [0.717, 1.165) is 0 Å². The van der Waals surface area contributed by atoms with E-state index < -0.39 is 17.5 Å². The molecule has 4 heteroatoms. The molecule has 0 aromatic heterocycles. The molecule has 1 aromatic carbocycles. The van der Waals surface area contributed by atoms with Gasteiger partial charge in [0.2, 0.25) is 0 Å².